The second-order valence-electron chi connectivity index (χ2n) is 7.70. The van der Waals surface area contributed by atoms with Gasteiger partial charge in [-0.05, 0) is 37.5 Å². The number of nitrogens with zero attached hydrogens (tertiary/aromatic N) is 3. The quantitative estimate of drug-likeness (QED) is 0.775. The van der Waals surface area contributed by atoms with E-state index in [0.29, 0.717) is 24.1 Å². The Morgan fingerprint density at radius 2 is 2.00 bits per heavy atom. The number of carbonyl (C=O) groups is 2. The zero-order valence-electron chi connectivity index (χ0n) is 14.8. The van der Waals surface area contributed by atoms with Crippen molar-refractivity contribution in [2.75, 3.05) is 0 Å². The Kier molecular flexibility index (Phi) is 4.36. The van der Waals surface area contributed by atoms with Gasteiger partial charge < -0.3 is 9.84 Å². The van der Waals surface area contributed by atoms with Crippen LogP contribution in [0, 0.1) is 11.8 Å². The molecule has 132 valence electrons. The van der Waals surface area contributed by atoms with Crippen LogP contribution in [0.2, 0.25) is 0 Å². The summed E-state index contributed by atoms with van der Waals surface area (Å²) in [5.74, 6) is 1.64. The first-order valence-corrected chi connectivity index (χ1v) is 8.80. The van der Waals surface area contributed by atoms with Gasteiger partial charge in [0.25, 0.3) is 5.91 Å². The van der Waals surface area contributed by atoms with Gasteiger partial charge in [0.05, 0.1) is 0 Å². The fourth-order valence-corrected chi connectivity index (χ4v) is 3.23. The van der Waals surface area contributed by atoms with Crippen molar-refractivity contribution >= 4 is 11.9 Å². The van der Waals surface area contributed by atoms with Gasteiger partial charge in [0.15, 0.2) is 5.82 Å². The molecular formula is C17H26N4O3. The maximum Gasteiger partial charge on any atom is 0.325 e. The summed E-state index contributed by atoms with van der Waals surface area (Å²) in [7, 11) is 0. The SMILES string of the molecule is CC(C)CC[C@]1(C2CC2)NC(=O)N(Cc2nc(C(C)C)no2)C1=O. The topological polar surface area (TPSA) is 88.3 Å². The van der Waals surface area contributed by atoms with E-state index in [-0.39, 0.29) is 30.3 Å². The Hall–Kier alpha value is -1.92. The Balaban J connectivity index is 1.76. The highest BCUT2D eigenvalue weighted by molar-refractivity contribution is 6.07. The van der Waals surface area contributed by atoms with Gasteiger partial charge >= 0.3 is 6.03 Å². The first-order chi connectivity index (χ1) is 11.3. The summed E-state index contributed by atoms with van der Waals surface area (Å²) in [5.41, 5.74) is -0.734. The molecule has 0 unspecified atom stereocenters. The monoisotopic (exact) mass is 334 g/mol. The van der Waals surface area contributed by atoms with E-state index in [1.807, 2.05) is 13.8 Å². The molecule has 1 atom stereocenters. The summed E-state index contributed by atoms with van der Waals surface area (Å²) in [6.45, 7) is 8.23. The molecule has 3 rings (SSSR count). The van der Waals surface area contributed by atoms with Crippen LogP contribution in [-0.2, 0) is 11.3 Å². The van der Waals surface area contributed by atoms with Crippen LogP contribution in [0.4, 0.5) is 4.79 Å². The molecule has 7 nitrogen and oxygen atoms in total. The number of urea groups is 1. The number of nitrogens with one attached hydrogen (secondary N) is 1. The molecule has 1 aliphatic heterocycles. The molecule has 0 bridgehead atoms. The highest BCUT2D eigenvalue weighted by atomic mass is 16.5. The highest BCUT2D eigenvalue weighted by Gasteiger charge is 2.58. The second-order valence-corrected chi connectivity index (χ2v) is 7.70. The number of amides is 3. The van der Waals surface area contributed by atoms with Crippen LogP contribution in [0.3, 0.4) is 0 Å². The predicted molar refractivity (Wildman–Crippen MR) is 87.0 cm³/mol. The summed E-state index contributed by atoms with van der Waals surface area (Å²) in [6.07, 6.45) is 3.60. The molecule has 1 aromatic heterocycles. The lowest BCUT2D eigenvalue weighted by molar-refractivity contribution is -0.133. The minimum Gasteiger partial charge on any atom is -0.337 e. The first kappa shape index (κ1) is 16.9. The Labute approximate surface area is 142 Å². The lowest BCUT2D eigenvalue weighted by Gasteiger charge is -2.27. The third-order valence-electron chi connectivity index (χ3n) is 4.89. The van der Waals surface area contributed by atoms with Crippen LogP contribution >= 0.6 is 0 Å². The first-order valence-electron chi connectivity index (χ1n) is 8.80. The molecule has 7 heteroatoms. The summed E-state index contributed by atoms with van der Waals surface area (Å²) in [4.78, 5) is 31.0. The van der Waals surface area contributed by atoms with Crippen LogP contribution in [0.5, 0.6) is 0 Å². The fraction of sp³-hybridized carbons (Fsp3) is 0.765. The molecule has 2 fully saturated rings. The van der Waals surface area contributed by atoms with E-state index < -0.39 is 5.54 Å². The molecule has 1 aromatic rings. The third-order valence-corrected chi connectivity index (χ3v) is 4.89. The zero-order chi connectivity index (χ0) is 17.5. The van der Waals surface area contributed by atoms with Crippen LogP contribution in [-0.4, -0.2) is 32.5 Å². The van der Waals surface area contributed by atoms with Crippen molar-refractivity contribution in [1.29, 1.82) is 0 Å². The minimum atomic E-state index is -0.734. The van der Waals surface area contributed by atoms with E-state index in [2.05, 4.69) is 29.3 Å². The van der Waals surface area contributed by atoms with Gasteiger partial charge in [-0.2, -0.15) is 4.98 Å². The average Bonchev–Trinajstić information content (AvgIpc) is 3.21. The van der Waals surface area contributed by atoms with E-state index >= 15 is 0 Å². The second kappa shape index (κ2) is 6.18. The van der Waals surface area contributed by atoms with Crippen molar-refractivity contribution < 1.29 is 14.1 Å². The summed E-state index contributed by atoms with van der Waals surface area (Å²) < 4.78 is 5.19. The van der Waals surface area contributed by atoms with E-state index in [0.717, 1.165) is 19.3 Å². The van der Waals surface area contributed by atoms with E-state index in [9.17, 15) is 9.59 Å². The molecule has 0 spiro atoms. The fourth-order valence-electron chi connectivity index (χ4n) is 3.23. The third kappa shape index (κ3) is 3.03. The maximum absolute atomic E-state index is 13.0. The van der Waals surface area contributed by atoms with Gasteiger partial charge in [-0.15, -0.1) is 0 Å². The van der Waals surface area contributed by atoms with Crippen LogP contribution in [0.15, 0.2) is 4.52 Å². The Morgan fingerprint density at radius 1 is 1.29 bits per heavy atom. The number of rotatable bonds is 7. The van der Waals surface area contributed by atoms with E-state index in [1.165, 1.54) is 4.90 Å². The summed E-state index contributed by atoms with van der Waals surface area (Å²) in [5, 5.41) is 6.88. The summed E-state index contributed by atoms with van der Waals surface area (Å²) in [6, 6.07) is -0.347. The average molecular weight is 334 g/mol. The highest BCUT2D eigenvalue weighted by Crippen LogP contribution is 2.46. The normalized spacial score (nSPS) is 24.3. The largest absolute Gasteiger partial charge is 0.337 e. The standard InChI is InChI=1S/C17H26N4O3/c1-10(2)7-8-17(12-5-6-12)15(22)21(16(23)19-17)9-13-18-14(11(3)4)20-24-13/h10-12H,5-9H2,1-4H3,(H,19,23)/t17-/m1/s1. The number of imide groups is 1. The van der Waals surface area contributed by atoms with Crippen molar-refractivity contribution in [3.05, 3.63) is 11.7 Å². The molecule has 2 aliphatic rings. The molecule has 24 heavy (non-hydrogen) atoms. The Bertz CT molecular complexity index is 636. The molecule has 0 radical (unpaired) electrons. The molecule has 1 saturated carbocycles. The predicted octanol–water partition coefficient (Wildman–Crippen LogP) is 2.83. The number of hydrogen-bond donors (Lipinski definition) is 1. The molecular weight excluding hydrogens is 308 g/mol. The van der Waals surface area contributed by atoms with Crippen molar-refractivity contribution in [1.82, 2.24) is 20.4 Å². The van der Waals surface area contributed by atoms with Gasteiger partial charge in [0.1, 0.15) is 12.1 Å². The van der Waals surface area contributed by atoms with E-state index in [1.54, 1.807) is 0 Å². The van der Waals surface area contributed by atoms with Crippen molar-refractivity contribution in [2.24, 2.45) is 11.8 Å². The zero-order valence-corrected chi connectivity index (χ0v) is 14.8. The molecule has 1 saturated heterocycles. The van der Waals surface area contributed by atoms with Gasteiger partial charge in [-0.25, -0.2) is 4.79 Å². The van der Waals surface area contributed by atoms with Crippen molar-refractivity contribution in [2.45, 2.75) is 71.4 Å². The van der Waals surface area contributed by atoms with Crippen LogP contribution < -0.4 is 5.32 Å². The smallest absolute Gasteiger partial charge is 0.325 e. The van der Waals surface area contributed by atoms with Crippen LogP contribution in [0.25, 0.3) is 0 Å². The Morgan fingerprint density at radius 3 is 2.54 bits per heavy atom. The minimum absolute atomic E-state index is 0.0422. The number of carbonyl (C=O) groups excluding carboxylic acids is 2. The van der Waals surface area contributed by atoms with Gasteiger partial charge in [-0.3, -0.25) is 9.69 Å². The molecule has 0 aromatic carbocycles. The van der Waals surface area contributed by atoms with Crippen molar-refractivity contribution in [3.8, 4) is 0 Å². The number of aromatic nitrogens is 2. The number of hydrogen-bond acceptors (Lipinski definition) is 5. The van der Waals surface area contributed by atoms with Gasteiger partial charge in [0.2, 0.25) is 5.89 Å². The van der Waals surface area contributed by atoms with Crippen LogP contribution in [0.1, 0.15) is 71.0 Å². The van der Waals surface area contributed by atoms with Gasteiger partial charge in [-0.1, -0.05) is 32.9 Å². The molecule has 1 N–H and O–H groups in total. The summed E-state index contributed by atoms with van der Waals surface area (Å²) >= 11 is 0. The lowest BCUT2D eigenvalue weighted by atomic mass is 9.85. The molecule has 3 amide bonds. The lowest BCUT2D eigenvalue weighted by Crippen LogP contribution is -2.49. The van der Waals surface area contributed by atoms with Gasteiger partial charge in [0, 0.05) is 5.92 Å². The van der Waals surface area contributed by atoms with Crippen molar-refractivity contribution in [3.63, 3.8) is 0 Å². The maximum atomic E-state index is 13.0. The molecule has 1 aliphatic carbocycles. The molecule has 2 heterocycles. The van der Waals surface area contributed by atoms with E-state index in [4.69, 9.17) is 4.52 Å².